The van der Waals surface area contributed by atoms with Gasteiger partial charge in [0.05, 0.1) is 12.3 Å². The molecule has 0 fully saturated rings. The number of carbonyl (C=O) groups excluding carboxylic acids is 2. The fourth-order valence-electron chi connectivity index (χ4n) is 2.76. The molecule has 4 nitrogen and oxygen atoms in total. The van der Waals surface area contributed by atoms with Gasteiger partial charge in [-0.2, -0.15) is 0 Å². The summed E-state index contributed by atoms with van der Waals surface area (Å²) in [5.74, 6) is -0.339. The quantitative estimate of drug-likeness (QED) is 0.818. The second kappa shape index (κ2) is 8.29. The lowest BCUT2D eigenvalue weighted by molar-refractivity contribution is -0.119. The normalized spacial score (nSPS) is 13.1. The monoisotopic (exact) mass is 324 g/mol. The third-order valence-electron chi connectivity index (χ3n) is 4.25. The first-order chi connectivity index (χ1) is 11.5. The van der Waals surface area contributed by atoms with Gasteiger partial charge in [0, 0.05) is 5.69 Å². The van der Waals surface area contributed by atoms with E-state index in [-0.39, 0.29) is 30.1 Å². The van der Waals surface area contributed by atoms with Crippen LogP contribution < -0.4 is 11.1 Å². The largest absolute Gasteiger partial charge is 0.369 e. The molecule has 0 radical (unpaired) electrons. The number of benzene rings is 2. The Morgan fingerprint density at radius 1 is 1.04 bits per heavy atom. The van der Waals surface area contributed by atoms with Crippen molar-refractivity contribution in [2.24, 2.45) is 11.7 Å². The van der Waals surface area contributed by atoms with Gasteiger partial charge in [-0.3, -0.25) is 9.59 Å². The third-order valence-corrected chi connectivity index (χ3v) is 4.25. The average molecular weight is 324 g/mol. The molecule has 0 spiro atoms. The number of hydrogen-bond acceptors (Lipinski definition) is 2. The molecule has 0 heterocycles. The van der Waals surface area contributed by atoms with Crippen molar-refractivity contribution in [3.8, 4) is 0 Å². The summed E-state index contributed by atoms with van der Waals surface area (Å²) in [6.07, 6.45) is 1.12. The summed E-state index contributed by atoms with van der Waals surface area (Å²) in [6, 6.07) is 17.1. The topological polar surface area (TPSA) is 72.2 Å². The van der Waals surface area contributed by atoms with Gasteiger partial charge in [-0.05, 0) is 29.2 Å². The minimum Gasteiger partial charge on any atom is -0.369 e. The summed E-state index contributed by atoms with van der Waals surface area (Å²) < 4.78 is 0. The zero-order valence-corrected chi connectivity index (χ0v) is 14.2. The average Bonchev–Trinajstić information content (AvgIpc) is 2.57. The molecule has 24 heavy (non-hydrogen) atoms. The van der Waals surface area contributed by atoms with Crippen LogP contribution in [0.25, 0.3) is 0 Å². The standard InChI is InChI=1S/C20H24N2O2/c1-3-14(2)19(16-7-5-4-6-8-16)20(24)22-17-11-9-15(10-12-17)13-18(21)23/h4-12,14,19H,3,13H2,1-2H3,(H2,21,23)(H,22,24)/t14-,19-/m0/s1. The molecule has 0 bridgehead atoms. The maximum absolute atomic E-state index is 12.8. The van der Waals surface area contributed by atoms with Gasteiger partial charge in [0.15, 0.2) is 0 Å². The van der Waals surface area contributed by atoms with Crippen LogP contribution in [0.5, 0.6) is 0 Å². The van der Waals surface area contributed by atoms with Gasteiger partial charge in [0.1, 0.15) is 0 Å². The zero-order chi connectivity index (χ0) is 17.5. The first-order valence-electron chi connectivity index (χ1n) is 8.24. The third kappa shape index (κ3) is 4.69. The van der Waals surface area contributed by atoms with E-state index in [1.165, 1.54) is 0 Å². The van der Waals surface area contributed by atoms with Crippen molar-refractivity contribution in [1.82, 2.24) is 0 Å². The molecule has 0 aliphatic heterocycles. The summed E-state index contributed by atoms with van der Waals surface area (Å²) in [5, 5.41) is 2.98. The van der Waals surface area contributed by atoms with Crippen molar-refractivity contribution in [3.63, 3.8) is 0 Å². The van der Waals surface area contributed by atoms with Crippen molar-refractivity contribution in [2.45, 2.75) is 32.6 Å². The molecule has 0 saturated heterocycles. The van der Waals surface area contributed by atoms with Crippen molar-refractivity contribution < 1.29 is 9.59 Å². The smallest absolute Gasteiger partial charge is 0.232 e. The Bertz CT molecular complexity index is 681. The van der Waals surface area contributed by atoms with E-state index in [9.17, 15) is 9.59 Å². The molecule has 0 unspecified atom stereocenters. The molecule has 0 aliphatic rings. The Labute approximate surface area is 143 Å². The Balaban J connectivity index is 2.14. The van der Waals surface area contributed by atoms with Crippen molar-refractivity contribution in [2.75, 3.05) is 5.32 Å². The van der Waals surface area contributed by atoms with Crippen LogP contribution in [0.3, 0.4) is 0 Å². The lowest BCUT2D eigenvalue weighted by Crippen LogP contribution is -2.26. The summed E-state index contributed by atoms with van der Waals surface area (Å²) >= 11 is 0. The number of amides is 2. The highest BCUT2D eigenvalue weighted by molar-refractivity contribution is 5.96. The van der Waals surface area contributed by atoms with E-state index in [0.717, 1.165) is 23.2 Å². The Hall–Kier alpha value is -2.62. The minimum atomic E-state index is -0.368. The lowest BCUT2D eigenvalue weighted by Gasteiger charge is -2.23. The second-order valence-electron chi connectivity index (χ2n) is 6.10. The number of nitrogens with one attached hydrogen (secondary N) is 1. The first kappa shape index (κ1) is 17.7. The zero-order valence-electron chi connectivity index (χ0n) is 14.2. The van der Waals surface area contributed by atoms with Gasteiger partial charge in [0.2, 0.25) is 11.8 Å². The van der Waals surface area contributed by atoms with Crippen molar-refractivity contribution >= 4 is 17.5 Å². The molecule has 0 saturated carbocycles. The molecule has 2 aromatic rings. The fraction of sp³-hybridized carbons (Fsp3) is 0.300. The summed E-state index contributed by atoms with van der Waals surface area (Å²) in [7, 11) is 0. The molecule has 4 heteroatoms. The first-order valence-corrected chi connectivity index (χ1v) is 8.24. The summed E-state index contributed by atoms with van der Waals surface area (Å²) in [6.45, 7) is 4.18. The molecule has 2 atom stereocenters. The van der Waals surface area contributed by atoms with Gasteiger partial charge in [-0.25, -0.2) is 0 Å². The van der Waals surface area contributed by atoms with Gasteiger partial charge in [-0.1, -0.05) is 62.7 Å². The molecule has 0 aliphatic carbocycles. The Kier molecular flexibility index (Phi) is 6.13. The highest BCUT2D eigenvalue weighted by Gasteiger charge is 2.25. The molecule has 0 aromatic heterocycles. The van der Waals surface area contributed by atoms with Crippen LogP contribution in [0.1, 0.15) is 37.3 Å². The Morgan fingerprint density at radius 3 is 2.21 bits per heavy atom. The highest BCUT2D eigenvalue weighted by atomic mass is 16.2. The molecule has 2 rings (SSSR count). The van der Waals surface area contributed by atoms with Crippen LogP contribution in [-0.4, -0.2) is 11.8 Å². The van der Waals surface area contributed by atoms with E-state index >= 15 is 0 Å². The van der Waals surface area contributed by atoms with Crippen LogP contribution in [-0.2, 0) is 16.0 Å². The van der Waals surface area contributed by atoms with Crippen LogP contribution in [0.15, 0.2) is 54.6 Å². The summed E-state index contributed by atoms with van der Waals surface area (Å²) in [5.41, 5.74) is 7.77. The van der Waals surface area contributed by atoms with Crippen LogP contribution in [0, 0.1) is 5.92 Å². The molecule has 126 valence electrons. The van der Waals surface area contributed by atoms with Gasteiger partial charge < -0.3 is 11.1 Å². The van der Waals surface area contributed by atoms with Crippen LogP contribution in [0.4, 0.5) is 5.69 Å². The number of rotatable bonds is 7. The highest BCUT2D eigenvalue weighted by Crippen LogP contribution is 2.28. The number of anilines is 1. The van der Waals surface area contributed by atoms with E-state index in [1.807, 2.05) is 30.3 Å². The van der Waals surface area contributed by atoms with E-state index < -0.39 is 0 Å². The molecule has 2 aromatic carbocycles. The summed E-state index contributed by atoms with van der Waals surface area (Å²) in [4.78, 5) is 23.7. The molecular weight excluding hydrogens is 300 g/mol. The molecular formula is C20H24N2O2. The lowest BCUT2D eigenvalue weighted by atomic mass is 9.85. The van der Waals surface area contributed by atoms with Gasteiger partial charge in [0.25, 0.3) is 0 Å². The van der Waals surface area contributed by atoms with Gasteiger partial charge >= 0.3 is 0 Å². The van der Waals surface area contributed by atoms with Crippen LogP contribution >= 0.6 is 0 Å². The maximum atomic E-state index is 12.8. The predicted molar refractivity (Wildman–Crippen MR) is 96.6 cm³/mol. The number of carbonyl (C=O) groups is 2. The van der Waals surface area contributed by atoms with Crippen molar-refractivity contribution in [1.29, 1.82) is 0 Å². The fourth-order valence-corrected chi connectivity index (χ4v) is 2.76. The SMILES string of the molecule is CC[C@H](C)[C@H](C(=O)Nc1ccc(CC(N)=O)cc1)c1ccccc1. The molecule has 3 N–H and O–H groups in total. The van der Waals surface area contributed by atoms with E-state index in [4.69, 9.17) is 5.73 Å². The Morgan fingerprint density at radius 2 is 1.67 bits per heavy atom. The second-order valence-corrected chi connectivity index (χ2v) is 6.10. The van der Waals surface area contributed by atoms with E-state index in [1.54, 1.807) is 24.3 Å². The minimum absolute atomic E-state index is 0.0156. The number of primary amides is 1. The van der Waals surface area contributed by atoms with Gasteiger partial charge in [-0.15, -0.1) is 0 Å². The van der Waals surface area contributed by atoms with E-state index in [0.29, 0.717) is 0 Å². The molecule has 2 amide bonds. The van der Waals surface area contributed by atoms with Crippen molar-refractivity contribution in [3.05, 3.63) is 65.7 Å². The number of hydrogen-bond donors (Lipinski definition) is 2. The van der Waals surface area contributed by atoms with Crippen LogP contribution in [0.2, 0.25) is 0 Å². The number of nitrogens with two attached hydrogens (primary N) is 1. The maximum Gasteiger partial charge on any atom is 0.232 e. The van der Waals surface area contributed by atoms with E-state index in [2.05, 4.69) is 19.2 Å². The predicted octanol–water partition coefficient (Wildman–Crippen LogP) is 3.48.